The summed E-state index contributed by atoms with van der Waals surface area (Å²) in [6.45, 7) is 2.49. The van der Waals surface area contributed by atoms with Crippen molar-refractivity contribution in [3.8, 4) is 0 Å². The Morgan fingerprint density at radius 2 is 1.97 bits per heavy atom. The molecule has 1 aromatic heterocycles. The summed E-state index contributed by atoms with van der Waals surface area (Å²) in [5.74, 6) is 1.68. The van der Waals surface area contributed by atoms with Gasteiger partial charge in [0.2, 0.25) is 0 Å². The van der Waals surface area contributed by atoms with Crippen LogP contribution >= 0.6 is 0 Å². The smallest absolute Gasteiger partial charge is 0.131 e. The fourth-order valence-corrected chi connectivity index (χ4v) is 9.95. The average Bonchev–Trinajstić information content (AvgIpc) is 3.29. The third-order valence-corrected chi connectivity index (χ3v) is 11.7. The van der Waals surface area contributed by atoms with Gasteiger partial charge in [-0.05, 0) is 99.2 Å². The zero-order valence-corrected chi connectivity index (χ0v) is 21.6. The average molecular weight is 484 g/mol. The second-order valence-corrected chi connectivity index (χ2v) is 13.2. The third kappa shape index (κ3) is 2.37. The molecule has 3 spiro atoms. The van der Waals surface area contributed by atoms with Crippen molar-refractivity contribution in [3.63, 3.8) is 0 Å². The van der Waals surface area contributed by atoms with Crippen LogP contribution in [0, 0.1) is 22.7 Å². The number of hydrogen-bond donors (Lipinski definition) is 2. The molecule has 4 aliphatic carbocycles. The number of nitrogen functional groups attached to an aromatic ring is 1. The molecule has 0 radical (unpaired) electrons. The number of fused-ring (bicyclic) bond motifs is 3. The first-order chi connectivity index (χ1) is 17.2. The number of aliphatic hydroxyl groups is 1. The quantitative estimate of drug-likeness (QED) is 0.592. The summed E-state index contributed by atoms with van der Waals surface area (Å²) in [5, 5.41) is 13.3. The van der Waals surface area contributed by atoms with Crippen LogP contribution in [-0.2, 0) is 4.74 Å². The van der Waals surface area contributed by atoms with Gasteiger partial charge in [-0.2, -0.15) is 0 Å². The molecule has 4 fully saturated rings. The van der Waals surface area contributed by atoms with Crippen molar-refractivity contribution < 1.29 is 9.84 Å². The Bertz CT molecular complexity index is 1380. The van der Waals surface area contributed by atoms with Crippen molar-refractivity contribution in [1.29, 1.82) is 0 Å². The Balaban J connectivity index is 1.20. The third-order valence-electron chi connectivity index (χ3n) is 11.7. The minimum absolute atomic E-state index is 0.0608. The topological polar surface area (TPSA) is 71.6 Å². The van der Waals surface area contributed by atoms with Crippen molar-refractivity contribution in [3.05, 3.63) is 53.8 Å². The number of anilines is 1. The maximum absolute atomic E-state index is 11.1. The van der Waals surface area contributed by atoms with Crippen LogP contribution in [0.1, 0.15) is 57.4 Å². The number of aromatic nitrogens is 1. The van der Waals surface area contributed by atoms with Gasteiger partial charge in [0, 0.05) is 34.4 Å². The molecule has 3 heterocycles. The highest BCUT2D eigenvalue weighted by Gasteiger charge is 2.81. The Labute approximate surface area is 213 Å². The molecule has 5 heteroatoms. The van der Waals surface area contributed by atoms with Crippen LogP contribution in [0.4, 0.5) is 5.82 Å². The molecule has 2 saturated carbocycles. The number of ether oxygens (including phenoxy) is 1. The van der Waals surface area contributed by atoms with Gasteiger partial charge in [0.25, 0.3) is 0 Å². The van der Waals surface area contributed by atoms with E-state index in [-0.39, 0.29) is 34.2 Å². The highest BCUT2D eigenvalue weighted by atomic mass is 16.5. The monoisotopic (exact) mass is 483 g/mol. The fourth-order valence-electron chi connectivity index (χ4n) is 9.95. The summed E-state index contributed by atoms with van der Waals surface area (Å²) in [5.41, 5.74) is 10.5. The van der Waals surface area contributed by atoms with Crippen molar-refractivity contribution in [2.75, 3.05) is 19.8 Å². The first-order valence-electron chi connectivity index (χ1n) is 13.8. The van der Waals surface area contributed by atoms with Gasteiger partial charge < -0.3 is 20.5 Å². The van der Waals surface area contributed by atoms with Crippen LogP contribution in [0.3, 0.4) is 0 Å². The molecular weight excluding hydrogens is 446 g/mol. The number of nitrogens with two attached hydrogens (primary N) is 1. The van der Waals surface area contributed by atoms with Gasteiger partial charge >= 0.3 is 0 Å². The molecule has 188 valence electrons. The van der Waals surface area contributed by atoms with Gasteiger partial charge in [0.05, 0.1) is 17.3 Å². The maximum atomic E-state index is 11.1. The van der Waals surface area contributed by atoms with Gasteiger partial charge in [0.15, 0.2) is 0 Å². The minimum Gasteiger partial charge on any atom is -0.391 e. The molecule has 2 aromatic rings. The van der Waals surface area contributed by atoms with E-state index in [1.54, 1.807) is 11.8 Å². The summed E-state index contributed by atoms with van der Waals surface area (Å²) in [6.07, 6.45) is 14.2. The summed E-state index contributed by atoms with van der Waals surface area (Å²) >= 11 is 0. The number of allylic oxidation sites excluding steroid dienone is 3. The standard InChI is InChI=1S/C31H37N3O2/c1-28-10-8-22-23-15-29(23)17-25(35)24(34(2)3)16-30(29)11-12-31(22,36-30)26(28)7-6-21(28)19-4-5-20-18(14-19)9-13-33-27(20)32/h4-6,8-9,13-14,23-26,35H,7,10-12,15-17H2,1-3H3,(H2,32,33)/t23?,24-,25?,26?,28?,29?,30+,31+/m0/s1. The summed E-state index contributed by atoms with van der Waals surface area (Å²) in [7, 11) is 4.23. The van der Waals surface area contributed by atoms with Crippen LogP contribution in [-0.4, -0.2) is 52.4 Å². The molecule has 5 nitrogen and oxygen atoms in total. The Kier molecular flexibility index (Phi) is 4.01. The predicted octanol–water partition coefficient (Wildman–Crippen LogP) is 4.95. The Hall–Kier alpha value is -2.21. The summed E-state index contributed by atoms with van der Waals surface area (Å²) in [6, 6.07) is 8.94. The zero-order chi connectivity index (χ0) is 24.7. The van der Waals surface area contributed by atoms with Gasteiger partial charge in [-0.3, -0.25) is 0 Å². The fraction of sp³-hybridized carbons (Fsp3) is 0.581. The van der Waals surface area contributed by atoms with Gasteiger partial charge in [0.1, 0.15) is 5.82 Å². The molecule has 6 aliphatic rings. The van der Waals surface area contributed by atoms with E-state index in [1.807, 2.05) is 0 Å². The van der Waals surface area contributed by atoms with Crippen molar-refractivity contribution in [2.45, 2.75) is 75.2 Å². The number of rotatable bonds is 2. The van der Waals surface area contributed by atoms with E-state index in [9.17, 15) is 5.11 Å². The largest absolute Gasteiger partial charge is 0.391 e. The first-order valence-corrected chi connectivity index (χ1v) is 13.8. The molecule has 2 aliphatic heterocycles. The van der Waals surface area contributed by atoms with Crippen LogP contribution in [0.15, 0.2) is 48.2 Å². The Morgan fingerprint density at radius 1 is 1.11 bits per heavy atom. The highest BCUT2D eigenvalue weighted by molar-refractivity contribution is 5.93. The normalized spacial score (nSPS) is 46.0. The molecule has 8 atom stereocenters. The molecule has 1 aromatic carbocycles. The van der Waals surface area contributed by atoms with Crippen molar-refractivity contribution in [2.24, 2.45) is 22.7 Å². The molecule has 2 bridgehead atoms. The lowest BCUT2D eigenvalue weighted by atomic mass is 9.57. The summed E-state index contributed by atoms with van der Waals surface area (Å²) in [4.78, 5) is 6.50. The number of aliphatic hydroxyl groups excluding tert-OH is 1. The van der Waals surface area contributed by atoms with E-state index in [0.29, 0.717) is 17.7 Å². The number of hydrogen-bond acceptors (Lipinski definition) is 5. The van der Waals surface area contributed by atoms with E-state index in [4.69, 9.17) is 10.5 Å². The summed E-state index contributed by atoms with van der Waals surface area (Å²) < 4.78 is 7.54. The van der Waals surface area contributed by atoms with E-state index in [0.717, 1.165) is 49.3 Å². The number of pyridine rings is 1. The molecule has 0 amide bonds. The lowest BCUT2D eigenvalue weighted by Crippen LogP contribution is -2.62. The second kappa shape index (κ2) is 6.61. The lowest BCUT2D eigenvalue weighted by Gasteiger charge is -2.58. The van der Waals surface area contributed by atoms with Crippen LogP contribution < -0.4 is 5.73 Å². The maximum Gasteiger partial charge on any atom is 0.131 e. The molecule has 3 N–H and O–H groups in total. The highest BCUT2D eigenvalue weighted by Crippen LogP contribution is 2.81. The number of benzene rings is 1. The van der Waals surface area contributed by atoms with E-state index < -0.39 is 0 Å². The minimum atomic E-state index is -0.251. The number of likely N-dealkylation sites (N-methyl/N-ethyl adjacent to an activating group) is 1. The van der Waals surface area contributed by atoms with Gasteiger partial charge in [-0.25, -0.2) is 4.98 Å². The van der Waals surface area contributed by atoms with E-state index in [1.165, 1.54) is 17.6 Å². The number of nitrogens with zero attached hydrogens (tertiary/aromatic N) is 2. The second-order valence-electron chi connectivity index (χ2n) is 13.2. The van der Waals surface area contributed by atoms with E-state index >= 15 is 0 Å². The predicted molar refractivity (Wildman–Crippen MR) is 142 cm³/mol. The van der Waals surface area contributed by atoms with Crippen LogP contribution in [0.2, 0.25) is 0 Å². The SMILES string of the molecule is CN(C)[C@H]1C[C@@]23CC[C@@]4(O2)C(=CCC2(C)C(c5ccc6c(N)nccc6c5)=CCC24)C2CC23CC1O. The molecule has 36 heavy (non-hydrogen) atoms. The van der Waals surface area contributed by atoms with Crippen molar-refractivity contribution in [1.82, 2.24) is 9.88 Å². The van der Waals surface area contributed by atoms with Crippen LogP contribution in [0.5, 0.6) is 0 Å². The van der Waals surface area contributed by atoms with E-state index in [2.05, 4.69) is 67.3 Å². The van der Waals surface area contributed by atoms with Gasteiger partial charge in [-0.15, -0.1) is 0 Å². The first kappa shape index (κ1) is 21.8. The van der Waals surface area contributed by atoms with Gasteiger partial charge in [-0.1, -0.05) is 31.2 Å². The zero-order valence-electron chi connectivity index (χ0n) is 21.6. The molecule has 2 saturated heterocycles. The molecule has 5 unspecified atom stereocenters. The van der Waals surface area contributed by atoms with Crippen LogP contribution in [0.25, 0.3) is 16.3 Å². The Morgan fingerprint density at radius 3 is 2.81 bits per heavy atom. The molecular formula is C31H37N3O2. The van der Waals surface area contributed by atoms with Crippen molar-refractivity contribution >= 4 is 22.2 Å². The molecule has 8 rings (SSSR count). The lowest BCUT2D eigenvalue weighted by molar-refractivity contribution is -0.216.